The van der Waals surface area contributed by atoms with E-state index in [1.54, 1.807) is 6.20 Å². The van der Waals surface area contributed by atoms with Crippen molar-refractivity contribution < 1.29 is 23.7 Å². The summed E-state index contributed by atoms with van der Waals surface area (Å²) in [5.41, 5.74) is 12.7. The Morgan fingerprint density at radius 2 is 1.67 bits per heavy atom. The number of likely N-dealkylation sites (tertiary alicyclic amines) is 2. The first kappa shape index (κ1) is 43.0. The molecule has 3 saturated heterocycles. The van der Waals surface area contributed by atoms with Gasteiger partial charge in [-0.2, -0.15) is 5.10 Å². The number of nitrogens with two attached hydrogens (primary N) is 1. The number of nitrogens with zero attached hydrogens (tertiary/aromatic N) is 8. The maximum absolute atomic E-state index is 13.1. The van der Waals surface area contributed by atoms with Crippen LogP contribution in [-0.2, 0) is 25.7 Å². The van der Waals surface area contributed by atoms with E-state index in [1.165, 1.54) is 11.9 Å². The Balaban J connectivity index is 0.688. The van der Waals surface area contributed by atoms with E-state index in [0.29, 0.717) is 78.0 Å². The summed E-state index contributed by atoms with van der Waals surface area (Å²) in [5.74, 6) is 2.02. The highest BCUT2D eigenvalue weighted by molar-refractivity contribution is 6.02. The summed E-state index contributed by atoms with van der Waals surface area (Å²) in [7, 11) is 0. The number of pyridine rings is 1. The number of piperidine rings is 3. The van der Waals surface area contributed by atoms with E-state index in [4.69, 9.17) is 20.3 Å². The van der Waals surface area contributed by atoms with Crippen molar-refractivity contribution in [3.8, 4) is 22.6 Å². The lowest BCUT2D eigenvalue weighted by molar-refractivity contribution is -0.134. The molecule has 1 aromatic carbocycles. The average molecular weight is 871 g/mol. The Hall–Kier alpha value is -6.23. The van der Waals surface area contributed by atoms with Crippen molar-refractivity contribution in [2.24, 2.45) is 5.92 Å². The fourth-order valence-corrected chi connectivity index (χ4v) is 9.44. The second-order valence-corrected chi connectivity index (χ2v) is 18.2. The number of nitrogens with one attached hydrogen (secondary N) is 3. The minimum Gasteiger partial charge on any atom is -0.383 e. The van der Waals surface area contributed by atoms with Crippen molar-refractivity contribution in [3.63, 3.8) is 0 Å². The highest BCUT2D eigenvalue weighted by Gasteiger charge is 2.36. The van der Waals surface area contributed by atoms with Crippen LogP contribution in [-0.4, -0.2) is 102 Å². The van der Waals surface area contributed by atoms with E-state index in [1.807, 2.05) is 47.7 Å². The number of hydrogen-bond donors (Lipinski definition) is 4. The van der Waals surface area contributed by atoms with E-state index in [-0.39, 0.29) is 48.1 Å². The van der Waals surface area contributed by atoms with Crippen LogP contribution < -0.4 is 21.7 Å². The minimum absolute atomic E-state index is 0.0336. The monoisotopic (exact) mass is 870 g/mol. The lowest BCUT2D eigenvalue weighted by atomic mass is 9.88. The predicted octanol–water partition coefficient (Wildman–Crippen LogP) is 5.71. The van der Waals surface area contributed by atoms with Crippen molar-refractivity contribution in [3.05, 3.63) is 65.8 Å². The summed E-state index contributed by atoms with van der Waals surface area (Å²) < 4.78 is 7.76. The van der Waals surface area contributed by atoms with Crippen molar-refractivity contribution in [2.45, 2.75) is 115 Å². The fourth-order valence-electron chi connectivity index (χ4n) is 9.44. The number of amides is 4. The molecule has 3 aliphatic heterocycles. The van der Waals surface area contributed by atoms with Crippen molar-refractivity contribution in [2.75, 3.05) is 43.8 Å². The van der Waals surface area contributed by atoms with Gasteiger partial charge in [-0.1, -0.05) is 23.4 Å². The first-order chi connectivity index (χ1) is 31.1. The van der Waals surface area contributed by atoms with E-state index in [2.05, 4.69) is 48.1 Å². The molecule has 1 aliphatic carbocycles. The molecule has 4 aromatic heterocycles. The number of carbonyl (C=O) groups excluding carboxylic acids is 4. The van der Waals surface area contributed by atoms with Crippen LogP contribution in [0.25, 0.3) is 33.7 Å². The van der Waals surface area contributed by atoms with Crippen LogP contribution in [0.2, 0.25) is 0 Å². The highest BCUT2D eigenvalue weighted by Crippen LogP contribution is 2.48. The first-order valence-electron chi connectivity index (χ1n) is 23.0. The molecule has 5 N–H and O–H groups in total. The summed E-state index contributed by atoms with van der Waals surface area (Å²) in [6.07, 6.45) is 11.5. The molecule has 1 atom stereocenters. The van der Waals surface area contributed by atoms with Crippen LogP contribution in [0.1, 0.15) is 119 Å². The van der Waals surface area contributed by atoms with Gasteiger partial charge in [0.15, 0.2) is 5.65 Å². The lowest BCUT2D eigenvalue weighted by Crippen LogP contribution is -2.47. The van der Waals surface area contributed by atoms with Crippen LogP contribution >= 0.6 is 0 Å². The van der Waals surface area contributed by atoms with Gasteiger partial charge in [-0.25, -0.2) is 14.6 Å². The van der Waals surface area contributed by atoms with Crippen LogP contribution in [0, 0.1) is 5.92 Å². The first-order valence-corrected chi connectivity index (χ1v) is 23.0. The molecule has 0 spiro atoms. The molecular formula is C47H58N12O5. The third kappa shape index (κ3) is 9.64. The Bertz CT molecular complexity index is 2480. The van der Waals surface area contributed by atoms with Gasteiger partial charge in [0.25, 0.3) is 0 Å². The third-order valence-corrected chi connectivity index (χ3v) is 13.3. The molecule has 64 heavy (non-hydrogen) atoms. The number of aromatic nitrogens is 6. The Kier molecular flexibility index (Phi) is 12.7. The summed E-state index contributed by atoms with van der Waals surface area (Å²) in [4.78, 5) is 67.6. The molecular weight excluding hydrogens is 813 g/mol. The molecule has 4 fully saturated rings. The molecule has 0 bridgehead atoms. The predicted molar refractivity (Wildman–Crippen MR) is 240 cm³/mol. The molecule has 9 rings (SSSR count). The number of benzene rings is 1. The van der Waals surface area contributed by atoms with Crippen molar-refractivity contribution in [1.29, 1.82) is 0 Å². The van der Waals surface area contributed by atoms with Crippen LogP contribution in [0.4, 0.5) is 11.5 Å². The summed E-state index contributed by atoms with van der Waals surface area (Å²) in [6, 6.07) is 11.9. The topological polar surface area (TPSA) is 219 Å². The molecule has 0 unspecified atom stereocenters. The second kappa shape index (κ2) is 18.9. The number of carbonyl (C=O) groups is 4. The molecule has 5 aromatic rings. The standard InChI is InChI=1S/C47H58N12O5/c1-28(2)59-46-41(45(48)51-27-52-46)42(55-59)43-40(44(64-56-43)33-7-8-33)35-13-6-30(24-49-35)25-50-37(60)4-3-5-39(62)58-22-16-29(17-23-58)26-57-20-18-32(19-21-57)31-9-11-34(12-10-31)53-36-14-15-38(61)54-47(36)63/h6,9-13,24,27-29,32-33,36,53H,3-5,7-8,14-23,25-26H2,1-2H3,(H,50,60)(H2,48,51,52)(H,54,61,63)/t36-/m0/s1. The molecule has 336 valence electrons. The SMILES string of the molecule is CC(C)n1nc(-c2noc(C3CC3)c2-c2ccc(CNC(=O)CCCC(=O)N3CCC(CN4CCC(c5ccc(N[C@H]6CCC(=O)NC6=O)cc5)CC4)CC3)cn2)c2c(N)ncnc21. The number of anilines is 2. The Labute approximate surface area is 372 Å². The number of nitrogen functional groups attached to an aromatic ring is 1. The van der Waals surface area contributed by atoms with Gasteiger partial charge in [0.2, 0.25) is 23.6 Å². The molecule has 0 radical (unpaired) electrons. The van der Waals surface area contributed by atoms with Gasteiger partial charge in [-0.05, 0) is 119 Å². The zero-order chi connectivity index (χ0) is 44.3. The number of hydrogen-bond acceptors (Lipinski definition) is 13. The Morgan fingerprint density at radius 1 is 0.891 bits per heavy atom. The van der Waals surface area contributed by atoms with Crippen LogP contribution in [0.15, 0.2) is 53.4 Å². The number of fused-ring (bicyclic) bond motifs is 1. The Morgan fingerprint density at radius 3 is 2.38 bits per heavy atom. The fraction of sp³-hybridized carbons (Fsp3) is 0.511. The van der Waals surface area contributed by atoms with Gasteiger partial charge in [-0.15, -0.1) is 0 Å². The average Bonchev–Trinajstić information content (AvgIpc) is 3.93. The van der Waals surface area contributed by atoms with Gasteiger partial charge in [0.05, 0.1) is 16.6 Å². The van der Waals surface area contributed by atoms with E-state index in [9.17, 15) is 19.2 Å². The zero-order valence-corrected chi connectivity index (χ0v) is 36.7. The third-order valence-electron chi connectivity index (χ3n) is 13.3. The molecule has 4 aliphatic rings. The van der Waals surface area contributed by atoms with E-state index < -0.39 is 0 Å². The van der Waals surface area contributed by atoms with Gasteiger partial charge in [0, 0.05) is 69.3 Å². The number of rotatable bonds is 15. The van der Waals surface area contributed by atoms with Crippen LogP contribution in [0.5, 0.6) is 0 Å². The summed E-state index contributed by atoms with van der Waals surface area (Å²) >= 11 is 0. The van der Waals surface area contributed by atoms with Crippen LogP contribution in [0.3, 0.4) is 0 Å². The number of imide groups is 1. The maximum Gasteiger partial charge on any atom is 0.249 e. The molecule has 7 heterocycles. The van der Waals surface area contributed by atoms with Gasteiger partial charge < -0.3 is 30.7 Å². The van der Waals surface area contributed by atoms with E-state index >= 15 is 0 Å². The molecule has 17 nitrogen and oxygen atoms in total. The molecule has 1 saturated carbocycles. The second-order valence-electron chi connectivity index (χ2n) is 18.2. The lowest BCUT2D eigenvalue weighted by Gasteiger charge is -2.38. The summed E-state index contributed by atoms with van der Waals surface area (Å²) in [5, 5.41) is 18.7. The quantitative estimate of drug-likeness (QED) is 0.0929. The van der Waals surface area contributed by atoms with E-state index in [0.717, 1.165) is 93.8 Å². The normalized spacial score (nSPS) is 19.0. The largest absolute Gasteiger partial charge is 0.383 e. The molecule has 17 heteroatoms. The van der Waals surface area contributed by atoms with Gasteiger partial charge in [-0.3, -0.25) is 29.5 Å². The maximum atomic E-state index is 13.1. The smallest absolute Gasteiger partial charge is 0.249 e. The van der Waals surface area contributed by atoms with Crippen molar-refractivity contribution in [1.82, 2.24) is 50.3 Å². The minimum atomic E-state index is -0.380. The van der Waals surface area contributed by atoms with Crippen molar-refractivity contribution >= 4 is 46.2 Å². The van der Waals surface area contributed by atoms with Gasteiger partial charge >= 0.3 is 0 Å². The molecule has 4 amide bonds. The zero-order valence-electron chi connectivity index (χ0n) is 36.7. The highest BCUT2D eigenvalue weighted by atomic mass is 16.5. The van der Waals surface area contributed by atoms with Gasteiger partial charge in [0.1, 0.15) is 35.3 Å². The summed E-state index contributed by atoms with van der Waals surface area (Å²) in [6.45, 7) is 9.12.